The summed E-state index contributed by atoms with van der Waals surface area (Å²) >= 11 is 1.55. The quantitative estimate of drug-likeness (QED) is 0.116. The van der Waals surface area contributed by atoms with Gasteiger partial charge in [-0.2, -0.15) is 16.8 Å². The molecule has 0 spiro atoms. The lowest BCUT2D eigenvalue weighted by molar-refractivity contribution is 0.305. The molecule has 0 aliphatic carbocycles. The van der Waals surface area contributed by atoms with Crippen LogP contribution in [0.2, 0.25) is 0 Å². The van der Waals surface area contributed by atoms with Crippen LogP contribution < -0.4 is 9.64 Å². The van der Waals surface area contributed by atoms with Gasteiger partial charge in [-0.05, 0) is 54.4 Å². The SMILES string of the molecule is Cc1cc(N(CCOS(C)(=O)=O)CCOS(C)(=O)=O)ccc1C=Nc1ccc(-c2csc(COc3ccccc3)n2)cc1.Cl. The van der Waals surface area contributed by atoms with Gasteiger partial charge in [-0.1, -0.05) is 36.4 Å². The van der Waals surface area contributed by atoms with Crippen molar-refractivity contribution in [1.82, 2.24) is 4.98 Å². The minimum Gasteiger partial charge on any atom is -0.486 e. The second-order valence-electron chi connectivity index (χ2n) is 9.61. The number of nitrogens with zero attached hydrogens (tertiary/aromatic N) is 3. The van der Waals surface area contributed by atoms with Gasteiger partial charge in [0.05, 0.1) is 37.1 Å². The molecule has 0 radical (unpaired) electrons. The Morgan fingerprint density at radius 1 is 0.886 bits per heavy atom. The van der Waals surface area contributed by atoms with Gasteiger partial charge in [0.1, 0.15) is 17.4 Å². The molecule has 0 saturated heterocycles. The first-order chi connectivity index (χ1) is 20.4. The first-order valence-electron chi connectivity index (χ1n) is 13.3. The largest absolute Gasteiger partial charge is 0.486 e. The van der Waals surface area contributed by atoms with E-state index in [1.807, 2.05) is 85.1 Å². The average Bonchev–Trinajstić information content (AvgIpc) is 3.43. The van der Waals surface area contributed by atoms with E-state index in [-0.39, 0.29) is 38.7 Å². The Morgan fingerprint density at radius 2 is 1.52 bits per heavy atom. The number of aromatic nitrogens is 1. The van der Waals surface area contributed by atoms with E-state index in [2.05, 4.69) is 9.98 Å². The van der Waals surface area contributed by atoms with Crippen LogP contribution in [0.4, 0.5) is 11.4 Å². The number of aliphatic imine (C=N–C) groups is 1. The molecule has 0 bridgehead atoms. The zero-order chi connectivity index (χ0) is 30.9. The lowest BCUT2D eigenvalue weighted by Crippen LogP contribution is -2.32. The van der Waals surface area contributed by atoms with Crippen LogP contribution >= 0.6 is 23.7 Å². The van der Waals surface area contributed by atoms with Crippen LogP contribution in [0.3, 0.4) is 0 Å². The number of halogens is 1. The first-order valence-corrected chi connectivity index (χ1v) is 17.8. The number of rotatable bonds is 15. The van der Waals surface area contributed by atoms with Crippen LogP contribution in [0.1, 0.15) is 16.1 Å². The highest BCUT2D eigenvalue weighted by atomic mass is 35.5. The number of hydrogen-bond donors (Lipinski definition) is 0. The monoisotopic (exact) mass is 679 g/mol. The summed E-state index contributed by atoms with van der Waals surface area (Å²) in [7, 11) is -7.21. The van der Waals surface area contributed by atoms with Gasteiger partial charge in [-0.3, -0.25) is 13.4 Å². The Kier molecular flexibility index (Phi) is 12.9. The Balaban J connectivity index is 0.00000529. The van der Waals surface area contributed by atoms with E-state index < -0.39 is 20.2 Å². The van der Waals surface area contributed by atoms with Crippen molar-refractivity contribution >= 4 is 61.6 Å². The van der Waals surface area contributed by atoms with Crippen LogP contribution in [-0.2, 0) is 35.2 Å². The average molecular weight is 680 g/mol. The number of anilines is 1. The molecular formula is C30H34ClN3O7S3. The van der Waals surface area contributed by atoms with Gasteiger partial charge in [0.15, 0.2) is 0 Å². The fraction of sp³-hybridized carbons (Fsp3) is 0.267. The van der Waals surface area contributed by atoms with Crippen molar-refractivity contribution in [3.63, 3.8) is 0 Å². The van der Waals surface area contributed by atoms with Gasteiger partial charge in [0.2, 0.25) is 0 Å². The summed E-state index contributed by atoms with van der Waals surface area (Å²) in [6.45, 7) is 2.63. The van der Waals surface area contributed by atoms with E-state index in [0.29, 0.717) is 6.61 Å². The molecular weight excluding hydrogens is 646 g/mol. The summed E-state index contributed by atoms with van der Waals surface area (Å²) in [5, 5.41) is 2.90. The number of thiazole rings is 1. The van der Waals surface area contributed by atoms with Gasteiger partial charge in [0.25, 0.3) is 20.2 Å². The maximum absolute atomic E-state index is 11.4. The van der Waals surface area contributed by atoms with Crippen LogP contribution in [0.15, 0.2) is 83.2 Å². The van der Waals surface area contributed by atoms with E-state index in [0.717, 1.165) is 57.0 Å². The highest BCUT2D eigenvalue weighted by Gasteiger charge is 2.12. The molecule has 1 aromatic heterocycles. The van der Waals surface area contributed by atoms with E-state index in [4.69, 9.17) is 13.1 Å². The topological polar surface area (TPSA) is 124 Å². The summed E-state index contributed by atoms with van der Waals surface area (Å²) in [6, 6.07) is 23.2. The Bertz CT molecular complexity index is 1710. The Labute approximate surface area is 269 Å². The second kappa shape index (κ2) is 16.1. The van der Waals surface area contributed by atoms with Crippen molar-refractivity contribution in [2.24, 2.45) is 4.99 Å². The van der Waals surface area contributed by atoms with Crippen LogP contribution in [0, 0.1) is 6.92 Å². The molecule has 0 aliphatic heterocycles. The van der Waals surface area contributed by atoms with Crippen molar-refractivity contribution < 1.29 is 29.9 Å². The Hall–Kier alpha value is -3.33. The van der Waals surface area contributed by atoms with Crippen molar-refractivity contribution in [1.29, 1.82) is 0 Å². The number of benzene rings is 3. The maximum atomic E-state index is 11.4. The van der Waals surface area contributed by atoms with E-state index >= 15 is 0 Å². The van der Waals surface area contributed by atoms with Crippen molar-refractivity contribution in [2.75, 3.05) is 43.7 Å². The van der Waals surface area contributed by atoms with Crippen LogP contribution in [0.25, 0.3) is 11.3 Å². The molecule has 44 heavy (non-hydrogen) atoms. The predicted molar refractivity (Wildman–Crippen MR) is 178 cm³/mol. The molecule has 0 fully saturated rings. The van der Waals surface area contributed by atoms with Gasteiger partial charge >= 0.3 is 0 Å². The van der Waals surface area contributed by atoms with Crippen molar-refractivity contribution in [3.8, 4) is 17.0 Å². The second-order valence-corrected chi connectivity index (χ2v) is 13.8. The molecule has 0 atom stereocenters. The van der Waals surface area contributed by atoms with Crippen molar-refractivity contribution in [3.05, 3.63) is 94.3 Å². The number of ether oxygens (including phenoxy) is 1. The maximum Gasteiger partial charge on any atom is 0.264 e. The molecule has 0 saturated carbocycles. The van der Waals surface area contributed by atoms with Gasteiger partial charge in [0, 0.05) is 35.9 Å². The van der Waals surface area contributed by atoms with Gasteiger partial charge in [-0.15, -0.1) is 23.7 Å². The fourth-order valence-corrected chi connectivity index (χ4v) is 5.47. The number of aryl methyl sites for hydroxylation is 1. The fourth-order valence-electron chi connectivity index (χ4n) is 4.00. The Morgan fingerprint density at radius 3 is 2.11 bits per heavy atom. The minimum absolute atomic E-state index is 0. The van der Waals surface area contributed by atoms with Crippen molar-refractivity contribution in [2.45, 2.75) is 13.5 Å². The zero-order valence-electron chi connectivity index (χ0n) is 24.5. The standard InChI is InChI=1S/C30H33N3O7S3.ClH/c1-23-19-27(33(15-17-39-42(2,34)35)16-18-40-43(3,36)37)14-11-25(23)20-31-26-12-9-24(10-13-26)29-22-41-30(32-29)21-38-28-7-5-4-6-8-28;/h4-14,19-20,22H,15-18,21H2,1-3H3;1H. The third kappa shape index (κ3) is 11.6. The molecule has 0 unspecified atom stereocenters. The summed E-state index contributed by atoms with van der Waals surface area (Å²) in [6.07, 6.45) is 3.74. The molecule has 10 nitrogen and oxygen atoms in total. The van der Waals surface area contributed by atoms with Gasteiger partial charge < -0.3 is 9.64 Å². The molecule has 236 valence electrons. The molecule has 0 aliphatic rings. The molecule has 0 amide bonds. The number of para-hydroxylation sites is 1. The molecule has 4 aromatic rings. The highest BCUT2D eigenvalue weighted by molar-refractivity contribution is 7.86. The van der Waals surface area contributed by atoms with E-state index in [1.165, 1.54) is 0 Å². The molecule has 4 rings (SSSR count). The normalized spacial score (nSPS) is 11.8. The summed E-state index contributed by atoms with van der Waals surface area (Å²) in [4.78, 5) is 11.1. The molecule has 14 heteroatoms. The number of hydrogen-bond acceptors (Lipinski definition) is 11. The first kappa shape index (κ1) is 35.2. The smallest absolute Gasteiger partial charge is 0.264 e. The highest BCUT2D eigenvalue weighted by Crippen LogP contribution is 2.26. The predicted octanol–water partition coefficient (Wildman–Crippen LogP) is 5.63. The minimum atomic E-state index is -3.60. The van der Waals surface area contributed by atoms with E-state index in [9.17, 15) is 16.8 Å². The van der Waals surface area contributed by atoms with Crippen LogP contribution in [0.5, 0.6) is 5.75 Å². The molecule has 1 heterocycles. The molecule has 3 aromatic carbocycles. The molecule has 0 N–H and O–H groups in total. The van der Waals surface area contributed by atoms with Crippen LogP contribution in [-0.4, -0.2) is 66.8 Å². The summed E-state index contributed by atoms with van der Waals surface area (Å²) < 4.78 is 61.1. The third-order valence-corrected chi connectivity index (χ3v) is 8.12. The zero-order valence-corrected chi connectivity index (χ0v) is 27.7. The lowest BCUT2D eigenvalue weighted by Gasteiger charge is -2.25. The lowest BCUT2D eigenvalue weighted by atomic mass is 10.1. The van der Waals surface area contributed by atoms with E-state index in [1.54, 1.807) is 22.5 Å². The van der Waals surface area contributed by atoms with Gasteiger partial charge in [-0.25, -0.2) is 4.98 Å². The summed E-state index contributed by atoms with van der Waals surface area (Å²) in [5.74, 6) is 0.807. The summed E-state index contributed by atoms with van der Waals surface area (Å²) in [5.41, 5.74) is 5.25. The third-order valence-electron chi connectivity index (χ3n) is 6.11.